The summed E-state index contributed by atoms with van der Waals surface area (Å²) in [6.45, 7) is 2.96. The highest BCUT2D eigenvalue weighted by molar-refractivity contribution is 5.87. The largest absolute Gasteiger partial charge is 0.391 e. The van der Waals surface area contributed by atoms with Gasteiger partial charge in [0.1, 0.15) is 6.04 Å². The van der Waals surface area contributed by atoms with Gasteiger partial charge in [-0.3, -0.25) is 9.59 Å². The highest BCUT2D eigenvalue weighted by atomic mass is 16.3. The molecule has 1 fully saturated rings. The lowest BCUT2D eigenvalue weighted by Crippen LogP contribution is -2.43. The zero-order valence-electron chi connectivity index (χ0n) is 12.3. The van der Waals surface area contributed by atoms with Gasteiger partial charge in [0.15, 0.2) is 0 Å². The molecule has 3 unspecified atom stereocenters. The third kappa shape index (κ3) is 4.76. The zero-order valence-corrected chi connectivity index (χ0v) is 12.3. The van der Waals surface area contributed by atoms with Crippen LogP contribution < -0.4 is 11.5 Å². The van der Waals surface area contributed by atoms with Gasteiger partial charge in [0.05, 0.1) is 6.10 Å². The van der Waals surface area contributed by atoms with E-state index in [1.165, 1.54) is 4.90 Å². The Hall–Kier alpha value is -1.14. The number of aliphatic hydroxyl groups is 1. The molecule has 0 radical (unpaired) electrons. The molecule has 1 saturated heterocycles. The summed E-state index contributed by atoms with van der Waals surface area (Å²) in [5, 5.41) is 9.60. The predicted octanol–water partition coefficient (Wildman–Crippen LogP) is -0.0212. The molecule has 0 aromatic carbocycles. The van der Waals surface area contributed by atoms with Crippen LogP contribution in [0.5, 0.6) is 0 Å². The molecule has 1 aliphatic heterocycles. The van der Waals surface area contributed by atoms with Crippen molar-refractivity contribution >= 4 is 11.8 Å². The highest BCUT2D eigenvalue weighted by Crippen LogP contribution is 2.22. The molecule has 0 bridgehead atoms. The molecule has 0 aromatic rings. The van der Waals surface area contributed by atoms with E-state index in [2.05, 4.69) is 6.92 Å². The number of rotatable bonds is 8. The number of primary amides is 1. The van der Waals surface area contributed by atoms with Gasteiger partial charge in [0, 0.05) is 19.4 Å². The number of likely N-dealkylation sites (tertiary alicyclic amines) is 1. The number of carbonyl (C=O) groups excluding carboxylic acids is 2. The minimum Gasteiger partial charge on any atom is -0.391 e. The first kappa shape index (κ1) is 16.9. The van der Waals surface area contributed by atoms with Crippen LogP contribution in [0.4, 0.5) is 0 Å². The van der Waals surface area contributed by atoms with E-state index in [9.17, 15) is 14.7 Å². The first-order chi connectivity index (χ1) is 9.49. The normalized spacial score (nSPS) is 23.9. The number of nitrogens with zero attached hydrogens (tertiary/aromatic N) is 1. The molecule has 0 aromatic heterocycles. The lowest BCUT2D eigenvalue weighted by Gasteiger charge is -2.23. The summed E-state index contributed by atoms with van der Waals surface area (Å²) in [4.78, 5) is 24.9. The van der Waals surface area contributed by atoms with E-state index in [0.717, 1.165) is 25.7 Å². The van der Waals surface area contributed by atoms with Crippen molar-refractivity contribution in [3.8, 4) is 0 Å². The summed E-state index contributed by atoms with van der Waals surface area (Å²) < 4.78 is 0. The topological polar surface area (TPSA) is 110 Å². The van der Waals surface area contributed by atoms with Gasteiger partial charge in [-0.15, -0.1) is 0 Å². The van der Waals surface area contributed by atoms with Crippen LogP contribution in [0.25, 0.3) is 0 Å². The summed E-state index contributed by atoms with van der Waals surface area (Å²) >= 11 is 0. The van der Waals surface area contributed by atoms with Gasteiger partial charge in [-0.25, -0.2) is 0 Å². The van der Waals surface area contributed by atoms with E-state index >= 15 is 0 Å². The molecule has 0 saturated carbocycles. The number of nitrogens with two attached hydrogens (primary N) is 2. The minimum absolute atomic E-state index is 0.0940. The van der Waals surface area contributed by atoms with Crippen LogP contribution in [0.1, 0.15) is 45.4 Å². The van der Waals surface area contributed by atoms with Crippen molar-refractivity contribution in [2.24, 2.45) is 17.4 Å². The van der Waals surface area contributed by atoms with Crippen molar-refractivity contribution in [2.75, 3.05) is 13.1 Å². The molecule has 2 amide bonds. The minimum atomic E-state index is -0.656. The number of carbonyl (C=O) groups is 2. The van der Waals surface area contributed by atoms with Crippen LogP contribution in [0.2, 0.25) is 0 Å². The number of β-amino-alcohol motifs (C(OH)–C–C–N with tert-alkyl or cyclic N) is 1. The van der Waals surface area contributed by atoms with E-state index in [4.69, 9.17) is 11.5 Å². The second-order valence-electron chi connectivity index (χ2n) is 5.62. The fourth-order valence-electron chi connectivity index (χ4n) is 2.91. The Labute approximate surface area is 120 Å². The van der Waals surface area contributed by atoms with Crippen LogP contribution in [-0.2, 0) is 9.59 Å². The SMILES string of the molecule is CCCC(CCN)CCC(=O)N1CC(O)CC1C(N)=O. The molecule has 3 atom stereocenters. The van der Waals surface area contributed by atoms with Crippen molar-refractivity contribution in [1.82, 2.24) is 4.90 Å². The van der Waals surface area contributed by atoms with E-state index < -0.39 is 18.1 Å². The molecule has 0 aliphatic carbocycles. The smallest absolute Gasteiger partial charge is 0.240 e. The third-order valence-corrected chi connectivity index (χ3v) is 3.97. The molecular weight excluding hydrogens is 258 g/mol. The Morgan fingerprint density at radius 2 is 2.05 bits per heavy atom. The van der Waals surface area contributed by atoms with E-state index in [1.54, 1.807) is 0 Å². The molecule has 5 N–H and O–H groups in total. The fourth-order valence-corrected chi connectivity index (χ4v) is 2.91. The Kier molecular flexibility index (Phi) is 6.95. The summed E-state index contributed by atoms with van der Waals surface area (Å²) in [5.74, 6) is -0.182. The molecule has 1 rings (SSSR count). The van der Waals surface area contributed by atoms with Gasteiger partial charge in [0.25, 0.3) is 0 Å². The summed E-state index contributed by atoms with van der Waals surface area (Å²) in [6, 6.07) is -0.656. The Morgan fingerprint density at radius 1 is 1.35 bits per heavy atom. The number of hydrogen-bond acceptors (Lipinski definition) is 4. The van der Waals surface area contributed by atoms with Gasteiger partial charge in [-0.05, 0) is 25.3 Å². The van der Waals surface area contributed by atoms with Gasteiger partial charge in [0.2, 0.25) is 11.8 Å². The fraction of sp³-hybridized carbons (Fsp3) is 0.857. The molecular formula is C14H27N3O3. The Bertz CT molecular complexity index is 330. The molecule has 6 nitrogen and oxygen atoms in total. The van der Waals surface area contributed by atoms with E-state index in [-0.39, 0.29) is 18.9 Å². The molecule has 20 heavy (non-hydrogen) atoms. The summed E-state index contributed by atoms with van der Waals surface area (Å²) in [7, 11) is 0. The Balaban J connectivity index is 2.50. The quantitative estimate of drug-likeness (QED) is 0.582. The van der Waals surface area contributed by atoms with Crippen LogP contribution in [0.3, 0.4) is 0 Å². The number of amides is 2. The first-order valence-electron chi connectivity index (χ1n) is 7.46. The molecule has 1 heterocycles. The highest BCUT2D eigenvalue weighted by Gasteiger charge is 2.37. The lowest BCUT2D eigenvalue weighted by atomic mass is 9.94. The Morgan fingerprint density at radius 3 is 2.60 bits per heavy atom. The maximum atomic E-state index is 12.2. The standard InChI is InChI=1S/C14H27N3O3/c1-2-3-10(6-7-15)4-5-13(19)17-9-11(18)8-12(17)14(16)20/h10-12,18H,2-9,15H2,1H3,(H2,16,20). The van der Waals surface area contributed by atoms with Gasteiger partial charge in [-0.1, -0.05) is 19.8 Å². The lowest BCUT2D eigenvalue weighted by molar-refractivity contribution is -0.137. The van der Waals surface area contributed by atoms with Crippen LogP contribution in [-0.4, -0.2) is 47.1 Å². The molecule has 0 spiro atoms. The molecule has 6 heteroatoms. The monoisotopic (exact) mass is 285 g/mol. The van der Waals surface area contributed by atoms with Gasteiger partial charge >= 0.3 is 0 Å². The first-order valence-corrected chi connectivity index (χ1v) is 7.46. The number of hydrogen-bond donors (Lipinski definition) is 3. The van der Waals surface area contributed by atoms with E-state index in [0.29, 0.717) is 18.9 Å². The van der Waals surface area contributed by atoms with E-state index in [1.807, 2.05) is 0 Å². The van der Waals surface area contributed by atoms with Gasteiger partial charge in [-0.2, -0.15) is 0 Å². The van der Waals surface area contributed by atoms with Crippen LogP contribution in [0.15, 0.2) is 0 Å². The van der Waals surface area contributed by atoms with Crippen LogP contribution >= 0.6 is 0 Å². The summed E-state index contributed by atoms with van der Waals surface area (Å²) in [5.41, 5.74) is 10.9. The van der Waals surface area contributed by atoms with Crippen LogP contribution in [0, 0.1) is 5.92 Å². The maximum absolute atomic E-state index is 12.2. The third-order valence-electron chi connectivity index (χ3n) is 3.97. The van der Waals surface area contributed by atoms with Crippen molar-refractivity contribution in [3.05, 3.63) is 0 Å². The second-order valence-corrected chi connectivity index (χ2v) is 5.62. The molecule has 116 valence electrons. The molecule has 1 aliphatic rings. The second kappa shape index (κ2) is 8.21. The van der Waals surface area contributed by atoms with Crippen molar-refractivity contribution in [1.29, 1.82) is 0 Å². The van der Waals surface area contributed by atoms with Gasteiger partial charge < -0.3 is 21.5 Å². The van der Waals surface area contributed by atoms with Crippen molar-refractivity contribution < 1.29 is 14.7 Å². The average molecular weight is 285 g/mol. The maximum Gasteiger partial charge on any atom is 0.240 e. The van der Waals surface area contributed by atoms with Crippen molar-refractivity contribution in [3.63, 3.8) is 0 Å². The summed E-state index contributed by atoms with van der Waals surface area (Å²) in [6.07, 6.45) is 3.83. The van der Waals surface area contributed by atoms with Crippen molar-refractivity contribution in [2.45, 2.75) is 57.6 Å². The average Bonchev–Trinajstić information content (AvgIpc) is 2.78. The zero-order chi connectivity index (χ0) is 15.1. The number of aliphatic hydroxyl groups excluding tert-OH is 1. The predicted molar refractivity (Wildman–Crippen MR) is 76.6 cm³/mol.